The van der Waals surface area contributed by atoms with E-state index in [2.05, 4.69) is 5.32 Å². The molecule has 28 heavy (non-hydrogen) atoms. The second kappa shape index (κ2) is 10.5. The highest BCUT2D eigenvalue weighted by Crippen LogP contribution is 2.16. The Bertz CT molecular complexity index is 759. The van der Waals surface area contributed by atoms with E-state index in [1.54, 1.807) is 18.9 Å². The summed E-state index contributed by atoms with van der Waals surface area (Å²) < 4.78 is 5.20. The molecule has 0 saturated heterocycles. The molecule has 2 rings (SSSR count). The molecular weight excluding hydrogens is 352 g/mol. The number of amides is 2. The minimum Gasteiger partial charge on any atom is -0.497 e. The van der Waals surface area contributed by atoms with Crippen molar-refractivity contribution in [1.82, 2.24) is 10.2 Å². The monoisotopic (exact) mass is 382 g/mol. The third kappa shape index (κ3) is 6.12. The van der Waals surface area contributed by atoms with Gasteiger partial charge in [-0.3, -0.25) is 9.59 Å². The molecule has 2 atom stereocenters. The van der Waals surface area contributed by atoms with E-state index < -0.39 is 6.04 Å². The van der Waals surface area contributed by atoms with E-state index in [0.717, 1.165) is 23.3 Å². The van der Waals surface area contributed by atoms with Crippen LogP contribution in [0.15, 0.2) is 54.6 Å². The summed E-state index contributed by atoms with van der Waals surface area (Å²) in [4.78, 5) is 27.4. The molecule has 5 nitrogen and oxygen atoms in total. The zero-order chi connectivity index (χ0) is 20.5. The Kier molecular flexibility index (Phi) is 8.05. The van der Waals surface area contributed by atoms with Crippen molar-refractivity contribution >= 4 is 11.8 Å². The van der Waals surface area contributed by atoms with Crippen molar-refractivity contribution < 1.29 is 14.3 Å². The Balaban J connectivity index is 2.20. The number of nitrogens with zero attached hydrogens (tertiary/aromatic N) is 1. The molecule has 0 aliphatic rings. The normalized spacial score (nSPS) is 12.7. The number of carbonyl (C=O) groups is 2. The van der Waals surface area contributed by atoms with Gasteiger partial charge in [0.15, 0.2) is 0 Å². The van der Waals surface area contributed by atoms with Gasteiger partial charge < -0.3 is 15.0 Å². The number of carbonyl (C=O) groups excluding carboxylic acids is 2. The van der Waals surface area contributed by atoms with Gasteiger partial charge in [-0.1, -0.05) is 49.4 Å². The average molecular weight is 383 g/mol. The highest BCUT2D eigenvalue weighted by molar-refractivity contribution is 5.88. The van der Waals surface area contributed by atoms with Crippen LogP contribution in [0.25, 0.3) is 0 Å². The zero-order valence-electron chi connectivity index (χ0n) is 17.1. The fraction of sp³-hybridized carbons (Fsp3) is 0.391. The van der Waals surface area contributed by atoms with E-state index in [1.165, 1.54) is 0 Å². The molecule has 0 aliphatic heterocycles. The first kappa shape index (κ1) is 21.5. The first-order chi connectivity index (χ1) is 13.4. The smallest absolute Gasteiger partial charge is 0.242 e. The Morgan fingerprint density at radius 2 is 1.64 bits per heavy atom. The molecule has 2 aromatic rings. The second-order valence-electron chi connectivity index (χ2n) is 7.03. The summed E-state index contributed by atoms with van der Waals surface area (Å²) in [6, 6.07) is 16.7. The van der Waals surface area contributed by atoms with Gasteiger partial charge in [0.05, 0.1) is 13.5 Å². The highest BCUT2D eigenvalue weighted by Gasteiger charge is 2.26. The maximum atomic E-state index is 13.1. The van der Waals surface area contributed by atoms with Gasteiger partial charge in [-0.05, 0) is 43.5 Å². The van der Waals surface area contributed by atoms with Crippen molar-refractivity contribution in [2.75, 3.05) is 7.11 Å². The minimum absolute atomic E-state index is 0.0713. The molecule has 0 unspecified atom stereocenters. The SMILES string of the molecule is CC[C@H](C)NC(=O)[C@H](C)N(Cc1ccc(OC)cc1)C(=O)Cc1ccccc1. The summed E-state index contributed by atoms with van der Waals surface area (Å²) in [7, 11) is 1.62. The molecule has 2 amide bonds. The first-order valence-corrected chi connectivity index (χ1v) is 9.71. The van der Waals surface area contributed by atoms with Crippen LogP contribution in [0.5, 0.6) is 5.75 Å². The van der Waals surface area contributed by atoms with Crippen molar-refractivity contribution in [3.05, 3.63) is 65.7 Å². The maximum Gasteiger partial charge on any atom is 0.242 e. The Morgan fingerprint density at radius 3 is 2.21 bits per heavy atom. The third-order valence-electron chi connectivity index (χ3n) is 4.88. The van der Waals surface area contributed by atoms with Gasteiger partial charge in [0, 0.05) is 12.6 Å². The predicted molar refractivity (Wildman–Crippen MR) is 111 cm³/mol. The van der Waals surface area contributed by atoms with E-state index in [4.69, 9.17) is 4.74 Å². The molecule has 2 aromatic carbocycles. The van der Waals surface area contributed by atoms with Gasteiger partial charge >= 0.3 is 0 Å². The molecule has 0 spiro atoms. The molecule has 1 N–H and O–H groups in total. The first-order valence-electron chi connectivity index (χ1n) is 9.71. The van der Waals surface area contributed by atoms with Gasteiger partial charge in [-0.2, -0.15) is 0 Å². The number of ether oxygens (including phenoxy) is 1. The highest BCUT2D eigenvalue weighted by atomic mass is 16.5. The zero-order valence-corrected chi connectivity index (χ0v) is 17.1. The predicted octanol–water partition coefficient (Wildman–Crippen LogP) is 3.57. The van der Waals surface area contributed by atoms with Crippen LogP contribution in [0.4, 0.5) is 0 Å². The molecule has 150 valence electrons. The second-order valence-corrected chi connectivity index (χ2v) is 7.03. The van der Waals surface area contributed by atoms with Gasteiger partial charge in [-0.25, -0.2) is 0 Å². The lowest BCUT2D eigenvalue weighted by molar-refractivity contribution is -0.140. The summed E-state index contributed by atoms with van der Waals surface area (Å²) in [6.07, 6.45) is 1.10. The summed E-state index contributed by atoms with van der Waals surface area (Å²) >= 11 is 0. The number of methoxy groups -OCH3 is 1. The average Bonchev–Trinajstić information content (AvgIpc) is 2.72. The Labute approximate surface area is 167 Å². The largest absolute Gasteiger partial charge is 0.497 e. The van der Waals surface area contributed by atoms with Crippen LogP contribution in [0.1, 0.15) is 38.3 Å². The van der Waals surface area contributed by atoms with Gasteiger partial charge in [0.1, 0.15) is 11.8 Å². The van der Waals surface area contributed by atoms with Gasteiger partial charge in [0.25, 0.3) is 0 Å². The topological polar surface area (TPSA) is 58.6 Å². The van der Waals surface area contributed by atoms with Crippen LogP contribution >= 0.6 is 0 Å². The molecule has 0 aliphatic carbocycles. The lowest BCUT2D eigenvalue weighted by Gasteiger charge is -2.30. The van der Waals surface area contributed by atoms with E-state index in [-0.39, 0.29) is 24.3 Å². The fourth-order valence-electron chi connectivity index (χ4n) is 2.85. The Morgan fingerprint density at radius 1 is 1.00 bits per heavy atom. The fourth-order valence-corrected chi connectivity index (χ4v) is 2.85. The van der Waals surface area contributed by atoms with Gasteiger partial charge in [0.2, 0.25) is 11.8 Å². The molecule has 0 heterocycles. The number of hydrogen-bond acceptors (Lipinski definition) is 3. The number of benzene rings is 2. The van der Waals surface area contributed by atoms with E-state index in [1.807, 2.05) is 68.4 Å². The van der Waals surface area contributed by atoms with Crippen molar-refractivity contribution in [3.8, 4) is 5.75 Å². The van der Waals surface area contributed by atoms with E-state index >= 15 is 0 Å². The molecule has 0 fully saturated rings. The quantitative estimate of drug-likeness (QED) is 0.721. The maximum absolute atomic E-state index is 13.1. The van der Waals surface area contributed by atoms with Crippen molar-refractivity contribution in [2.24, 2.45) is 0 Å². The van der Waals surface area contributed by atoms with Gasteiger partial charge in [-0.15, -0.1) is 0 Å². The van der Waals surface area contributed by atoms with Crippen molar-refractivity contribution in [3.63, 3.8) is 0 Å². The molecule has 5 heteroatoms. The molecular formula is C23H30N2O3. The molecule has 0 aromatic heterocycles. The Hall–Kier alpha value is -2.82. The third-order valence-corrected chi connectivity index (χ3v) is 4.88. The minimum atomic E-state index is -0.563. The number of hydrogen-bond donors (Lipinski definition) is 1. The summed E-state index contributed by atoms with van der Waals surface area (Å²) in [5.74, 6) is 0.548. The standard InChI is InChI=1S/C23H30N2O3/c1-5-17(2)24-23(27)18(3)25(16-20-11-13-21(28-4)14-12-20)22(26)15-19-9-7-6-8-10-19/h6-14,17-18H,5,15-16H2,1-4H3,(H,24,27)/t17-,18-/m0/s1. The van der Waals surface area contributed by atoms with Crippen LogP contribution in [0.2, 0.25) is 0 Å². The lowest BCUT2D eigenvalue weighted by Crippen LogP contribution is -2.49. The van der Waals surface area contributed by atoms with Crippen molar-refractivity contribution in [2.45, 2.75) is 52.2 Å². The van der Waals surface area contributed by atoms with E-state index in [0.29, 0.717) is 6.54 Å². The summed E-state index contributed by atoms with van der Waals surface area (Å²) in [5.41, 5.74) is 1.88. The van der Waals surface area contributed by atoms with Crippen LogP contribution < -0.4 is 10.1 Å². The van der Waals surface area contributed by atoms with Crippen molar-refractivity contribution in [1.29, 1.82) is 0 Å². The summed E-state index contributed by atoms with van der Waals surface area (Å²) in [5, 5.41) is 2.98. The lowest BCUT2D eigenvalue weighted by atomic mass is 10.1. The molecule has 0 radical (unpaired) electrons. The van der Waals surface area contributed by atoms with Crippen LogP contribution in [0.3, 0.4) is 0 Å². The molecule has 0 saturated carbocycles. The van der Waals surface area contributed by atoms with E-state index in [9.17, 15) is 9.59 Å². The van der Waals surface area contributed by atoms with Crippen LogP contribution in [0, 0.1) is 0 Å². The number of nitrogens with one attached hydrogen (secondary N) is 1. The number of rotatable bonds is 9. The van der Waals surface area contributed by atoms with Crippen LogP contribution in [-0.4, -0.2) is 35.9 Å². The summed E-state index contributed by atoms with van der Waals surface area (Å²) in [6.45, 7) is 6.13. The van der Waals surface area contributed by atoms with Crippen LogP contribution in [-0.2, 0) is 22.6 Å². The molecule has 0 bridgehead atoms.